The van der Waals surface area contributed by atoms with Gasteiger partial charge in [0.1, 0.15) is 5.75 Å². The quantitative estimate of drug-likeness (QED) is 0.774. The summed E-state index contributed by atoms with van der Waals surface area (Å²) in [4.78, 5) is 14.8. The minimum absolute atomic E-state index is 0. The number of methoxy groups -OCH3 is 1. The number of ether oxygens (including phenoxy) is 1. The maximum atomic E-state index is 12.6. The van der Waals surface area contributed by atoms with Crippen LogP contribution in [-0.4, -0.2) is 30.5 Å². The second-order valence-electron chi connectivity index (χ2n) is 6.11. The minimum Gasteiger partial charge on any atom is -0.497 e. The van der Waals surface area contributed by atoms with Crippen molar-refractivity contribution in [1.29, 1.82) is 0 Å². The number of nitrogens with one attached hydrogen (secondary N) is 1. The highest BCUT2D eigenvalue weighted by Crippen LogP contribution is 2.25. The van der Waals surface area contributed by atoms with Crippen molar-refractivity contribution in [2.45, 2.75) is 25.9 Å². The highest BCUT2D eigenvalue weighted by Gasteiger charge is 2.25. The van der Waals surface area contributed by atoms with Gasteiger partial charge in [0.05, 0.1) is 24.5 Å². The van der Waals surface area contributed by atoms with Crippen LogP contribution in [0.15, 0.2) is 42.5 Å². The molecule has 0 bridgehead atoms. The van der Waals surface area contributed by atoms with Crippen molar-refractivity contribution in [1.82, 2.24) is 4.90 Å². The fourth-order valence-electron chi connectivity index (χ4n) is 3.02. The van der Waals surface area contributed by atoms with E-state index in [-0.39, 0.29) is 36.8 Å². The maximum Gasteiger partial charge on any atom is 0.241 e. The molecule has 1 aliphatic heterocycles. The molecule has 1 amide bonds. The van der Waals surface area contributed by atoms with Crippen LogP contribution in [0.3, 0.4) is 0 Å². The van der Waals surface area contributed by atoms with E-state index in [2.05, 4.69) is 28.4 Å². The third-order valence-corrected chi connectivity index (χ3v) is 4.61. The summed E-state index contributed by atoms with van der Waals surface area (Å²) >= 11 is 0. The molecule has 0 saturated carbocycles. The van der Waals surface area contributed by atoms with Crippen molar-refractivity contribution in [3.8, 4) is 5.75 Å². The number of nitrogen functional groups attached to an aromatic ring is 1. The summed E-state index contributed by atoms with van der Waals surface area (Å²) in [5, 5.41) is 2.92. The largest absolute Gasteiger partial charge is 0.497 e. The van der Waals surface area contributed by atoms with Gasteiger partial charge in [-0.05, 0) is 36.6 Å². The van der Waals surface area contributed by atoms with Gasteiger partial charge in [-0.25, -0.2) is 0 Å². The first-order chi connectivity index (χ1) is 11.6. The predicted molar refractivity (Wildman–Crippen MR) is 111 cm³/mol. The predicted octanol–water partition coefficient (Wildman–Crippen LogP) is 3.51. The molecule has 2 aromatic carbocycles. The molecule has 142 valence electrons. The first-order valence-electron chi connectivity index (χ1n) is 8.13. The zero-order valence-electron chi connectivity index (χ0n) is 14.9. The lowest BCUT2D eigenvalue weighted by Gasteiger charge is -2.33. The van der Waals surface area contributed by atoms with Gasteiger partial charge in [-0.15, -0.1) is 24.8 Å². The zero-order valence-corrected chi connectivity index (χ0v) is 16.5. The summed E-state index contributed by atoms with van der Waals surface area (Å²) in [5.41, 5.74) is 9.73. The topological polar surface area (TPSA) is 67.6 Å². The first-order valence-corrected chi connectivity index (χ1v) is 8.13. The molecule has 2 aromatic rings. The molecule has 26 heavy (non-hydrogen) atoms. The Kier molecular flexibility index (Phi) is 8.21. The molecule has 3 rings (SSSR count). The van der Waals surface area contributed by atoms with Gasteiger partial charge in [0.15, 0.2) is 0 Å². The van der Waals surface area contributed by atoms with Crippen LogP contribution in [-0.2, 0) is 17.8 Å². The molecule has 0 radical (unpaired) electrons. The molecule has 1 atom stereocenters. The molecule has 1 unspecified atom stereocenters. The van der Waals surface area contributed by atoms with E-state index in [4.69, 9.17) is 10.5 Å². The Labute approximate surface area is 166 Å². The molecule has 1 heterocycles. The highest BCUT2D eigenvalue weighted by atomic mass is 35.5. The number of carbonyl (C=O) groups is 1. The van der Waals surface area contributed by atoms with Gasteiger partial charge in [0.2, 0.25) is 5.91 Å². The Hall–Kier alpha value is -1.95. The molecule has 5 nitrogen and oxygen atoms in total. The van der Waals surface area contributed by atoms with Crippen LogP contribution in [0.1, 0.15) is 18.1 Å². The number of hydrogen-bond donors (Lipinski definition) is 2. The molecule has 3 N–H and O–H groups in total. The van der Waals surface area contributed by atoms with Crippen LogP contribution >= 0.6 is 24.8 Å². The number of hydrogen-bond acceptors (Lipinski definition) is 4. The van der Waals surface area contributed by atoms with E-state index in [1.54, 1.807) is 25.3 Å². The Morgan fingerprint density at radius 3 is 2.58 bits per heavy atom. The number of fused-ring (bicyclic) bond motifs is 1. The normalized spacial score (nSPS) is 14.2. The van der Waals surface area contributed by atoms with E-state index >= 15 is 0 Å². The van der Waals surface area contributed by atoms with Gasteiger partial charge in [-0.1, -0.05) is 24.3 Å². The van der Waals surface area contributed by atoms with E-state index < -0.39 is 0 Å². The third kappa shape index (κ3) is 4.81. The number of amides is 1. The van der Waals surface area contributed by atoms with Crippen LogP contribution in [0, 0.1) is 0 Å². The van der Waals surface area contributed by atoms with Gasteiger partial charge >= 0.3 is 0 Å². The molecule has 0 saturated heterocycles. The molecular formula is C19H25Cl2N3O2. The van der Waals surface area contributed by atoms with Crippen LogP contribution in [0.25, 0.3) is 0 Å². The van der Waals surface area contributed by atoms with Crippen molar-refractivity contribution in [3.63, 3.8) is 0 Å². The van der Waals surface area contributed by atoms with E-state index in [1.807, 2.05) is 13.0 Å². The maximum absolute atomic E-state index is 12.6. The van der Waals surface area contributed by atoms with Gasteiger partial charge in [-0.2, -0.15) is 0 Å². The van der Waals surface area contributed by atoms with Crippen molar-refractivity contribution < 1.29 is 9.53 Å². The lowest BCUT2D eigenvalue weighted by atomic mass is 9.99. The standard InChI is InChI=1S/C19H23N3O2.2ClH/c1-13(22-10-9-14-5-3-4-6-15(14)12-22)19(23)21-18-11-16(24-2)7-8-17(18)20;;/h3-8,11,13H,9-10,12,20H2,1-2H3,(H,21,23);2*1H. The van der Waals surface area contributed by atoms with Gasteiger partial charge in [0, 0.05) is 19.2 Å². The van der Waals surface area contributed by atoms with E-state index in [0.29, 0.717) is 17.1 Å². The molecule has 0 aromatic heterocycles. The number of halogens is 2. The van der Waals surface area contributed by atoms with Crippen LogP contribution in [0.5, 0.6) is 5.75 Å². The average molecular weight is 398 g/mol. The fraction of sp³-hybridized carbons (Fsp3) is 0.316. The summed E-state index contributed by atoms with van der Waals surface area (Å²) in [7, 11) is 1.59. The molecule has 7 heteroatoms. The molecule has 0 fully saturated rings. The van der Waals surface area contributed by atoms with Crippen molar-refractivity contribution in [2.24, 2.45) is 0 Å². The van der Waals surface area contributed by atoms with E-state index in [9.17, 15) is 4.79 Å². The van der Waals surface area contributed by atoms with Gasteiger partial charge < -0.3 is 15.8 Å². The number of rotatable bonds is 4. The second-order valence-corrected chi connectivity index (χ2v) is 6.11. The summed E-state index contributed by atoms with van der Waals surface area (Å²) in [6.07, 6.45) is 0.967. The average Bonchev–Trinajstić information content (AvgIpc) is 2.62. The first kappa shape index (κ1) is 22.1. The minimum atomic E-state index is -0.232. The smallest absolute Gasteiger partial charge is 0.241 e. The molecular weight excluding hydrogens is 373 g/mol. The Morgan fingerprint density at radius 1 is 1.19 bits per heavy atom. The molecule has 1 aliphatic rings. The monoisotopic (exact) mass is 397 g/mol. The Balaban J connectivity index is 0.00000169. The van der Waals surface area contributed by atoms with Crippen molar-refractivity contribution in [2.75, 3.05) is 24.7 Å². The highest BCUT2D eigenvalue weighted by molar-refractivity contribution is 5.97. The van der Waals surface area contributed by atoms with Crippen molar-refractivity contribution in [3.05, 3.63) is 53.6 Å². The van der Waals surface area contributed by atoms with E-state index in [0.717, 1.165) is 19.5 Å². The number of nitrogens with zero attached hydrogens (tertiary/aromatic N) is 1. The lowest BCUT2D eigenvalue weighted by Crippen LogP contribution is -2.44. The SMILES string of the molecule is COc1ccc(N)c(NC(=O)C(C)N2CCc3ccccc3C2)c1.Cl.Cl. The lowest BCUT2D eigenvalue weighted by molar-refractivity contribution is -0.121. The summed E-state index contributed by atoms with van der Waals surface area (Å²) < 4.78 is 5.19. The Bertz CT molecular complexity index is 755. The number of anilines is 2. The zero-order chi connectivity index (χ0) is 17.1. The fourth-order valence-corrected chi connectivity index (χ4v) is 3.02. The second kappa shape index (κ2) is 9.67. The number of carbonyl (C=O) groups excluding carboxylic acids is 1. The molecule has 0 aliphatic carbocycles. The van der Waals surface area contributed by atoms with E-state index in [1.165, 1.54) is 11.1 Å². The van der Waals surface area contributed by atoms with Crippen LogP contribution < -0.4 is 15.8 Å². The third-order valence-electron chi connectivity index (χ3n) is 4.61. The van der Waals surface area contributed by atoms with Crippen LogP contribution in [0.2, 0.25) is 0 Å². The van der Waals surface area contributed by atoms with Gasteiger partial charge in [0.25, 0.3) is 0 Å². The summed E-state index contributed by atoms with van der Waals surface area (Å²) in [6, 6.07) is 13.4. The van der Waals surface area contributed by atoms with Crippen molar-refractivity contribution >= 4 is 42.1 Å². The van der Waals surface area contributed by atoms with Crippen LogP contribution in [0.4, 0.5) is 11.4 Å². The number of benzene rings is 2. The number of nitrogens with two attached hydrogens (primary N) is 1. The summed E-state index contributed by atoms with van der Waals surface area (Å²) in [5.74, 6) is 0.605. The summed E-state index contributed by atoms with van der Waals surface area (Å²) in [6.45, 7) is 3.59. The Morgan fingerprint density at radius 2 is 1.88 bits per heavy atom. The van der Waals surface area contributed by atoms with Gasteiger partial charge in [-0.3, -0.25) is 9.69 Å². The molecule has 0 spiro atoms.